The van der Waals surface area contributed by atoms with Crippen molar-refractivity contribution in [3.63, 3.8) is 0 Å². The van der Waals surface area contributed by atoms with Gasteiger partial charge in [0.1, 0.15) is 17.2 Å². The maximum atomic E-state index is 12.8. The van der Waals surface area contributed by atoms with Gasteiger partial charge in [-0.3, -0.25) is 9.69 Å². The summed E-state index contributed by atoms with van der Waals surface area (Å²) in [5.41, 5.74) is 2.70. The number of anilines is 1. The number of amides is 1. The van der Waals surface area contributed by atoms with Gasteiger partial charge < -0.3 is 15.2 Å². The minimum absolute atomic E-state index is 0.0755. The van der Waals surface area contributed by atoms with Gasteiger partial charge in [-0.15, -0.1) is 11.3 Å². The molecule has 3 aromatic carbocycles. The largest absolute Gasteiger partial charge is 0.489 e. The Labute approximate surface area is 214 Å². The highest BCUT2D eigenvalue weighted by atomic mass is 32.1. The molecule has 0 spiro atoms. The van der Waals surface area contributed by atoms with E-state index >= 15 is 0 Å². The molecule has 1 aliphatic rings. The SMILES string of the molecule is O=C(CN1CCC[C@H]1Cc1c(C(=O)O)sc2ccccc12)Nc1ccc(OCc2ccccc2)cc1. The number of fused-ring (bicyclic) bond motifs is 1. The fourth-order valence-corrected chi connectivity index (χ4v) is 5.88. The first kappa shape index (κ1) is 24.0. The summed E-state index contributed by atoms with van der Waals surface area (Å²) >= 11 is 1.33. The average molecular weight is 501 g/mol. The zero-order chi connectivity index (χ0) is 24.9. The third kappa shape index (κ3) is 5.58. The van der Waals surface area contributed by atoms with E-state index in [-0.39, 0.29) is 18.5 Å². The zero-order valence-corrected chi connectivity index (χ0v) is 20.7. The molecule has 1 aromatic heterocycles. The molecule has 2 N–H and O–H groups in total. The van der Waals surface area contributed by atoms with E-state index in [1.807, 2.05) is 78.9 Å². The molecule has 1 amide bonds. The molecule has 0 aliphatic carbocycles. The molecule has 36 heavy (non-hydrogen) atoms. The number of ether oxygens (including phenoxy) is 1. The summed E-state index contributed by atoms with van der Waals surface area (Å²) in [6.07, 6.45) is 2.58. The summed E-state index contributed by atoms with van der Waals surface area (Å²) < 4.78 is 6.81. The first-order valence-corrected chi connectivity index (χ1v) is 12.9. The normalized spacial score (nSPS) is 15.7. The van der Waals surface area contributed by atoms with Gasteiger partial charge >= 0.3 is 5.97 Å². The van der Waals surface area contributed by atoms with Crippen molar-refractivity contribution < 1.29 is 19.4 Å². The Morgan fingerprint density at radius 2 is 1.75 bits per heavy atom. The molecule has 5 rings (SSSR count). The Morgan fingerprint density at radius 3 is 2.53 bits per heavy atom. The second kappa shape index (κ2) is 10.9. The first-order valence-electron chi connectivity index (χ1n) is 12.1. The summed E-state index contributed by atoms with van der Waals surface area (Å²) in [6, 6.07) is 25.3. The lowest BCUT2D eigenvalue weighted by Gasteiger charge is -2.24. The van der Waals surface area contributed by atoms with E-state index in [4.69, 9.17) is 4.74 Å². The number of carboxylic acids is 1. The van der Waals surface area contributed by atoms with Crippen LogP contribution < -0.4 is 10.1 Å². The molecule has 1 aliphatic heterocycles. The molecule has 1 atom stereocenters. The van der Waals surface area contributed by atoms with Gasteiger partial charge in [0.2, 0.25) is 5.91 Å². The lowest BCUT2D eigenvalue weighted by Crippen LogP contribution is -2.38. The second-order valence-corrected chi connectivity index (χ2v) is 10.1. The van der Waals surface area contributed by atoms with E-state index in [0.717, 1.165) is 52.0 Å². The van der Waals surface area contributed by atoms with Crippen LogP contribution >= 0.6 is 11.3 Å². The van der Waals surface area contributed by atoms with Crippen molar-refractivity contribution in [2.75, 3.05) is 18.4 Å². The van der Waals surface area contributed by atoms with Crippen molar-refractivity contribution in [2.45, 2.75) is 31.9 Å². The smallest absolute Gasteiger partial charge is 0.346 e. The van der Waals surface area contributed by atoms with Crippen molar-refractivity contribution in [3.05, 3.63) is 94.9 Å². The lowest BCUT2D eigenvalue weighted by atomic mass is 10.0. The molecule has 0 unspecified atom stereocenters. The number of likely N-dealkylation sites (tertiary alicyclic amines) is 1. The molecular weight excluding hydrogens is 472 g/mol. The van der Waals surface area contributed by atoms with Gasteiger partial charge in [-0.2, -0.15) is 0 Å². The standard InChI is InChI=1S/C29H28N2O4S/c32-27(30-21-12-14-23(15-13-21)35-19-20-7-2-1-3-8-20)18-31-16-6-9-22(31)17-25-24-10-4-5-11-26(24)36-28(25)29(33)34/h1-5,7-8,10-15,22H,6,9,16-19H2,(H,30,32)(H,33,34)/t22-/m0/s1. The number of carboxylic acid groups (broad SMARTS) is 1. The fraction of sp³-hybridized carbons (Fsp3) is 0.241. The molecule has 2 heterocycles. The summed E-state index contributed by atoms with van der Waals surface area (Å²) in [5.74, 6) is -0.216. The number of rotatable bonds is 9. The quantitative estimate of drug-likeness (QED) is 0.303. The van der Waals surface area contributed by atoms with E-state index in [1.54, 1.807) is 0 Å². The molecule has 7 heteroatoms. The first-order chi connectivity index (χ1) is 17.6. The predicted octanol–water partition coefficient (Wildman–Crippen LogP) is 5.82. The number of carbonyl (C=O) groups is 2. The van der Waals surface area contributed by atoms with Crippen LogP contribution in [-0.4, -0.2) is 41.0 Å². The van der Waals surface area contributed by atoms with Gasteiger partial charge in [-0.05, 0) is 72.7 Å². The summed E-state index contributed by atoms with van der Waals surface area (Å²) in [5, 5.41) is 13.7. The number of nitrogens with one attached hydrogen (secondary N) is 1. The predicted molar refractivity (Wildman–Crippen MR) is 143 cm³/mol. The van der Waals surface area contributed by atoms with Gasteiger partial charge in [-0.1, -0.05) is 48.5 Å². The van der Waals surface area contributed by atoms with Crippen LogP contribution in [0.1, 0.15) is 33.6 Å². The number of hydrogen-bond acceptors (Lipinski definition) is 5. The molecule has 4 aromatic rings. The Morgan fingerprint density at radius 1 is 1.00 bits per heavy atom. The van der Waals surface area contributed by atoms with E-state index in [0.29, 0.717) is 17.9 Å². The van der Waals surface area contributed by atoms with Crippen molar-refractivity contribution in [1.82, 2.24) is 4.90 Å². The number of carbonyl (C=O) groups excluding carboxylic acids is 1. The van der Waals surface area contributed by atoms with Crippen LogP contribution in [0.4, 0.5) is 5.69 Å². The molecule has 0 bridgehead atoms. The van der Waals surface area contributed by atoms with Crippen LogP contribution in [0.5, 0.6) is 5.75 Å². The maximum Gasteiger partial charge on any atom is 0.346 e. The zero-order valence-electron chi connectivity index (χ0n) is 19.9. The van der Waals surface area contributed by atoms with E-state index in [9.17, 15) is 14.7 Å². The van der Waals surface area contributed by atoms with E-state index in [1.165, 1.54) is 11.3 Å². The van der Waals surface area contributed by atoms with Gasteiger partial charge in [0.15, 0.2) is 0 Å². The summed E-state index contributed by atoms with van der Waals surface area (Å²) in [7, 11) is 0. The van der Waals surface area contributed by atoms with Crippen molar-refractivity contribution in [1.29, 1.82) is 0 Å². The Kier molecular flexibility index (Phi) is 7.30. The van der Waals surface area contributed by atoms with Crippen LogP contribution in [0.15, 0.2) is 78.9 Å². The topological polar surface area (TPSA) is 78.9 Å². The Balaban J connectivity index is 1.19. The third-order valence-electron chi connectivity index (χ3n) is 6.56. The minimum Gasteiger partial charge on any atom is -0.489 e. The Hall–Kier alpha value is -3.68. The van der Waals surface area contributed by atoms with Crippen molar-refractivity contribution in [3.8, 4) is 5.75 Å². The van der Waals surface area contributed by atoms with Crippen LogP contribution in [0.25, 0.3) is 10.1 Å². The highest BCUT2D eigenvalue weighted by molar-refractivity contribution is 7.21. The third-order valence-corrected chi connectivity index (χ3v) is 7.77. The monoisotopic (exact) mass is 500 g/mol. The van der Waals surface area contributed by atoms with Crippen molar-refractivity contribution in [2.24, 2.45) is 0 Å². The van der Waals surface area contributed by atoms with Gasteiger partial charge in [0.05, 0.1) is 6.54 Å². The highest BCUT2D eigenvalue weighted by Gasteiger charge is 2.29. The van der Waals surface area contributed by atoms with Gasteiger partial charge in [-0.25, -0.2) is 4.79 Å². The lowest BCUT2D eigenvalue weighted by molar-refractivity contribution is -0.117. The Bertz CT molecular complexity index is 1350. The number of benzene rings is 3. The fourth-order valence-electron chi connectivity index (χ4n) is 4.80. The minimum atomic E-state index is -0.885. The van der Waals surface area contributed by atoms with E-state index < -0.39 is 5.97 Å². The maximum absolute atomic E-state index is 12.8. The van der Waals surface area contributed by atoms with Crippen LogP contribution in [0, 0.1) is 0 Å². The van der Waals surface area contributed by atoms with Gasteiger partial charge in [0.25, 0.3) is 0 Å². The molecule has 1 fully saturated rings. The number of thiophene rings is 1. The summed E-state index contributed by atoms with van der Waals surface area (Å²) in [4.78, 5) is 27.3. The van der Waals surface area contributed by atoms with Crippen LogP contribution in [0.2, 0.25) is 0 Å². The van der Waals surface area contributed by atoms with E-state index in [2.05, 4.69) is 10.2 Å². The number of hydrogen-bond donors (Lipinski definition) is 2. The van der Waals surface area contributed by atoms with Gasteiger partial charge in [0, 0.05) is 16.4 Å². The van der Waals surface area contributed by atoms with Crippen LogP contribution in [-0.2, 0) is 17.8 Å². The van der Waals surface area contributed by atoms with Crippen LogP contribution in [0.3, 0.4) is 0 Å². The van der Waals surface area contributed by atoms with Crippen molar-refractivity contribution >= 4 is 39.0 Å². The molecule has 184 valence electrons. The second-order valence-electron chi connectivity index (χ2n) is 9.03. The summed E-state index contributed by atoms with van der Waals surface area (Å²) in [6.45, 7) is 1.60. The molecular formula is C29H28N2O4S. The molecule has 0 saturated carbocycles. The average Bonchev–Trinajstić information content (AvgIpc) is 3.49. The molecule has 1 saturated heterocycles. The molecule has 0 radical (unpaired) electrons. The highest BCUT2D eigenvalue weighted by Crippen LogP contribution is 2.34. The number of nitrogens with zero attached hydrogens (tertiary/aromatic N) is 1. The number of aromatic carboxylic acids is 1. The molecule has 6 nitrogen and oxygen atoms in total.